The quantitative estimate of drug-likeness (QED) is 0.184. The van der Waals surface area contributed by atoms with E-state index in [4.69, 9.17) is 0 Å². The zero-order chi connectivity index (χ0) is 29.8. The number of nitrogens with zero attached hydrogens (tertiary/aromatic N) is 2. The Balaban J connectivity index is 1.31. The molecule has 0 amide bonds. The molecule has 0 atom stereocenters. The van der Waals surface area contributed by atoms with Crippen LogP contribution in [0.4, 0.5) is 28.4 Å². The van der Waals surface area contributed by atoms with Gasteiger partial charge in [0.1, 0.15) is 0 Å². The molecule has 0 radical (unpaired) electrons. The van der Waals surface area contributed by atoms with Crippen molar-refractivity contribution in [1.82, 2.24) is 0 Å². The van der Waals surface area contributed by atoms with E-state index in [1.807, 2.05) is 6.08 Å². The van der Waals surface area contributed by atoms with E-state index in [1.54, 1.807) is 0 Å². The third-order valence-corrected chi connectivity index (χ3v) is 7.79. The van der Waals surface area contributed by atoms with E-state index in [2.05, 4.69) is 183 Å². The van der Waals surface area contributed by atoms with Gasteiger partial charge in [-0.05, 0) is 129 Å². The lowest BCUT2D eigenvalue weighted by atomic mass is 10.0. The predicted molar refractivity (Wildman–Crippen MR) is 184 cm³/mol. The first-order chi connectivity index (χ1) is 20.9. The molecule has 43 heavy (non-hydrogen) atoms. The summed E-state index contributed by atoms with van der Waals surface area (Å²) >= 11 is 0. The first kappa shape index (κ1) is 27.8. The van der Waals surface area contributed by atoms with Gasteiger partial charge in [-0.3, -0.25) is 0 Å². The molecule has 0 aromatic heterocycles. The molecule has 2 heteroatoms. The van der Waals surface area contributed by atoms with Crippen LogP contribution in [0.15, 0.2) is 163 Å². The zero-order valence-electron chi connectivity index (χ0n) is 25.3. The van der Waals surface area contributed by atoms with Crippen LogP contribution >= 0.6 is 0 Å². The van der Waals surface area contributed by atoms with Gasteiger partial charge in [-0.1, -0.05) is 77.4 Å². The minimum Gasteiger partial charge on any atom is -0.311 e. The molecule has 1 aliphatic rings. The molecule has 0 spiro atoms. The number of aryl methyl sites for hydroxylation is 3. The summed E-state index contributed by atoms with van der Waals surface area (Å²) < 4.78 is 0. The van der Waals surface area contributed by atoms with E-state index in [9.17, 15) is 0 Å². The molecular weight excluding hydrogens is 520 g/mol. The van der Waals surface area contributed by atoms with Gasteiger partial charge in [-0.15, -0.1) is 5.73 Å². The molecule has 6 rings (SSSR count). The molecule has 0 aliphatic heterocycles. The number of allylic oxidation sites excluding steroid dienone is 4. The fourth-order valence-electron chi connectivity index (χ4n) is 5.30. The van der Waals surface area contributed by atoms with Crippen molar-refractivity contribution in [3.63, 3.8) is 0 Å². The summed E-state index contributed by atoms with van der Waals surface area (Å²) in [5.74, 6) is 0. The third-order valence-electron chi connectivity index (χ3n) is 7.79. The van der Waals surface area contributed by atoms with Crippen molar-refractivity contribution in [1.29, 1.82) is 0 Å². The monoisotopic (exact) mass is 556 g/mol. The number of rotatable bonds is 7. The molecule has 2 nitrogen and oxygen atoms in total. The van der Waals surface area contributed by atoms with Gasteiger partial charge in [0.25, 0.3) is 0 Å². The zero-order valence-corrected chi connectivity index (χ0v) is 25.3. The average molecular weight is 557 g/mol. The molecule has 0 unspecified atom stereocenters. The van der Waals surface area contributed by atoms with E-state index < -0.39 is 0 Å². The van der Waals surface area contributed by atoms with E-state index in [0.29, 0.717) is 0 Å². The highest BCUT2D eigenvalue weighted by Crippen LogP contribution is 2.37. The van der Waals surface area contributed by atoms with Gasteiger partial charge >= 0.3 is 0 Å². The van der Waals surface area contributed by atoms with E-state index in [0.717, 1.165) is 39.7 Å². The lowest BCUT2D eigenvalue weighted by Gasteiger charge is -2.27. The van der Waals surface area contributed by atoms with Crippen LogP contribution in [0.1, 0.15) is 23.6 Å². The van der Waals surface area contributed by atoms with Crippen molar-refractivity contribution in [3.05, 3.63) is 179 Å². The van der Waals surface area contributed by atoms with Gasteiger partial charge in [0, 0.05) is 34.1 Å². The maximum atomic E-state index is 3.31. The Bertz CT molecular complexity index is 1780. The summed E-state index contributed by atoms with van der Waals surface area (Å²) in [6, 6.07) is 43.8. The van der Waals surface area contributed by atoms with Crippen LogP contribution in [0.25, 0.3) is 11.1 Å². The number of hydrogen-bond donors (Lipinski definition) is 0. The summed E-state index contributed by atoms with van der Waals surface area (Å²) in [5.41, 5.74) is 17.3. The van der Waals surface area contributed by atoms with E-state index >= 15 is 0 Å². The predicted octanol–water partition coefficient (Wildman–Crippen LogP) is 11.4. The largest absolute Gasteiger partial charge is 0.311 e. The highest BCUT2D eigenvalue weighted by Gasteiger charge is 2.15. The van der Waals surface area contributed by atoms with E-state index in [-0.39, 0.29) is 0 Å². The van der Waals surface area contributed by atoms with Gasteiger partial charge in [-0.2, -0.15) is 0 Å². The minimum absolute atomic E-state index is 1.10. The van der Waals surface area contributed by atoms with E-state index in [1.165, 1.54) is 27.8 Å². The molecule has 5 aromatic carbocycles. The first-order valence-electron chi connectivity index (χ1n) is 14.8. The standard InChI is InChI=1S/C41H36N2/c1-30-6-5-7-36(19-8-30)42(37-20-9-31(2)10-21-37)40-26-15-34(16-27-40)35-17-28-41(29-18-35)43(38-22-11-32(3)12-23-38)39-24-13-33(4)14-25-39/h5,7-29H,1-4H3. The van der Waals surface area contributed by atoms with Crippen LogP contribution in [0.3, 0.4) is 0 Å². The molecule has 0 saturated carbocycles. The summed E-state index contributed by atoms with van der Waals surface area (Å²) in [6.07, 6.45) is 8.39. The SMILES string of the molecule is CC1=C=CC=C(N(c2ccc(C)cc2)c2ccc(-c3ccc(N(c4ccc(C)cc4)c4ccc(C)cc4)cc3)cc2)C=C1. The highest BCUT2D eigenvalue weighted by atomic mass is 15.1. The van der Waals surface area contributed by atoms with Crippen LogP contribution in [-0.2, 0) is 0 Å². The van der Waals surface area contributed by atoms with Gasteiger partial charge in [0.2, 0.25) is 0 Å². The lowest BCUT2D eigenvalue weighted by molar-refractivity contribution is 1.20. The average Bonchev–Trinajstić information content (AvgIpc) is 3.25. The van der Waals surface area contributed by atoms with Gasteiger partial charge in [-0.25, -0.2) is 0 Å². The number of anilines is 5. The Labute approximate surface area is 255 Å². The number of benzene rings is 5. The fraction of sp³-hybridized carbons (Fsp3) is 0.0976. The van der Waals surface area contributed by atoms with Gasteiger partial charge < -0.3 is 9.80 Å². The second kappa shape index (κ2) is 12.3. The van der Waals surface area contributed by atoms with Gasteiger partial charge in [0.15, 0.2) is 0 Å². The second-order valence-corrected chi connectivity index (χ2v) is 11.2. The van der Waals surface area contributed by atoms with Crippen molar-refractivity contribution in [3.8, 4) is 11.1 Å². The molecule has 0 bridgehead atoms. The molecule has 0 saturated heterocycles. The minimum atomic E-state index is 1.10. The highest BCUT2D eigenvalue weighted by molar-refractivity contribution is 5.79. The third kappa shape index (κ3) is 6.31. The Hall–Kier alpha value is -5.30. The normalized spacial score (nSPS) is 12.4. The summed E-state index contributed by atoms with van der Waals surface area (Å²) in [5, 5.41) is 0. The molecule has 0 N–H and O–H groups in total. The topological polar surface area (TPSA) is 6.48 Å². The molecule has 210 valence electrons. The van der Waals surface area contributed by atoms with Crippen molar-refractivity contribution in [2.24, 2.45) is 0 Å². The molecule has 0 fully saturated rings. The number of hydrogen-bond acceptors (Lipinski definition) is 2. The van der Waals surface area contributed by atoms with Crippen molar-refractivity contribution in [2.75, 3.05) is 9.80 Å². The second-order valence-electron chi connectivity index (χ2n) is 11.2. The molecule has 1 aliphatic carbocycles. The first-order valence-corrected chi connectivity index (χ1v) is 14.8. The van der Waals surface area contributed by atoms with Gasteiger partial charge in [0.05, 0.1) is 0 Å². The molecular formula is C41H36N2. The van der Waals surface area contributed by atoms with Crippen molar-refractivity contribution in [2.45, 2.75) is 27.7 Å². The van der Waals surface area contributed by atoms with Crippen LogP contribution in [-0.4, -0.2) is 0 Å². The summed E-state index contributed by atoms with van der Waals surface area (Å²) in [6.45, 7) is 8.44. The maximum absolute atomic E-state index is 3.31. The Kier molecular flexibility index (Phi) is 7.96. The summed E-state index contributed by atoms with van der Waals surface area (Å²) in [4.78, 5) is 4.60. The van der Waals surface area contributed by atoms with Crippen molar-refractivity contribution >= 4 is 28.4 Å². The van der Waals surface area contributed by atoms with Crippen LogP contribution in [0.2, 0.25) is 0 Å². The summed E-state index contributed by atoms with van der Waals surface area (Å²) in [7, 11) is 0. The van der Waals surface area contributed by atoms with Crippen LogP contribution in [0.5, 0.6) is 0 Å². The van der Waals surface area contributed by atoms with Crippen molar-refractivity contribution < 1.29 is 0 Å². The smallest absolute Gasteiger partial charge is 0.0468 e. The van der Waals surface area contributed by atoms with Crippen LogP contribution < -0.4 is 9.80 Å². The maximum Gasteiger partial charge on any atom is 0.0468 e. The molecule has 0 heterocycles. The molecule has 5 aromatic rings. The van der Waals surface area contributed by atoms with Crippen LogP contribution in [0, 0.1) is 20.8 Å². The lowest BCUT2D eigenvalue weighted by Crippen LogP contribution is -2.15. The Morgan fingerprint density at radius 3 is 1.14 bits per heavy atom. The Morgan fingerprint density at radius 1 is 0.395 bits per heavy atom. The Morgan fingerprint density at radius 2 is 0.744 bits per heavy atom. The fourth-order valence-corrected chi connectivity index (χ4v) is 5.30.